The van der Waals surface area contributed by atoms with E-state index in [2.05, 4.69) is 25.5 Å². The molecule has 0 saturated heterocycles. The minimum Gasteiger partial charge on any atom is -0.315 e. The summed E-state index contributed by atoms with van der Waals surface area (Å²) in [5.74, 6) is 0.104. The van der Waals surface area contributed by atoms with E-state index in [0.717, 1.165) is 0 Å². The second-order valence-corrected chi connectivity index (χ2v) is 6.52. The predicted octanol–water partition coefficient (Wildman–Crippen LogP) is 5.93. The summed E-state index contributed by atoms with van der Waals surface area (Å²) in [6.07, 6.45) is 0.238. The van der Waals surface area contributed by atoms with Gasteiger partial charge in [0.15, 0.2) is 0 Å². The highest BCUT2D eigenvalue weighted by Crippen LogP contribution is 2.33. The van der Waals surface area contributed by atoms with Gasteiger partial charge in [0.05, 0.1) is 31.9 Å². The Morgan fingerprint density at radius 1 is 1.04 bits per heavy atom. The Morgan fingerprint density at radius 2 is 1.63 bits per heavy atom. The second kappa shape index (κ2) is 8.58. The SMILES string of the molecule is O=C(Nc1nc(-c2c(Cl)cccc2Cl)no1)O/N=C/c1c(Cl)cccc1Cl. The van der Waals surface area contributed by atoms with Crippen molar-refractivity contribution in [3.8, 4) is 11.4 Å². The number of anilines is 1. The lowest BCUT2D eigenvalue weighted by molar-refractivity contribution is 0.166. The van der Waals surface area contributed by atoms with E-state index in [9.17, 15) is 4.79 Å². The predicted molar refractivity (Wildman–Crippen MR) is 104 cm³/mol. The number of benzene rings is 2. The molecule has 0 atom stereocenters. The van der Waals surface area contributed by atoms with Gasteiger partial charge in [-0.15, -0.1) is 0 Å². The van der Waals surface area contributed by atoms with Gasteiger partial charge in [0.1, 0.15) is 0 Å². The van der Waals surface area contributed by atoms with E-state index in [1.165, 1.54) is 6.21 Å². The van der Waals surface area contributed by atoms with Crippen molar-refractivity contribution in [1.29, 1.82) is 0 Å². The summed E-state index contributed by atoms with van der Waals surface area (Å²) in [5.41, 5.74) is 0.777. The van der Waals surface area contributed by atoms with Gasteiger partial charge >= 0.3 is 12.1 Å². The lowest BCUT2D eigenvalue weighted by Gasteiger charge is -2.01. The first-order valence-corrected chi connectivity index (χ1v) is 8.70. The normalized spacial score (nSPS) is 11.0. The third-order valence-electron chi connectivity index (χ3n) is 3.14. The average molecular weight is 446 g/mol. The van der Waals surface area contributed by atoms with Crippen LogP contribution in [-0.4, -0.2) is 22.4 Å². The van der Waals surface area contributed by atoms with Crippen LogP contribution >= 0.6 is 46.4 Å². The molecule has 11 heteroatoms. The maximum absolute atomic E-state index is 11.8. The van der Waals surface area contributed by atoms with Crippen LogP contribution < -0.4 is 5.32 Å². The molecule has 0 fully saturated rings. The number of aromatic nitrogens is 2. The highest BCUT2D eigenvalue weighted by atomic mass is 35.5. The van der Waals surface area contributed by atoms with Crippen molar-refractivity contribution >= 4 is 64.7 Å². The molecule has 7 nitrogen and oxygen atoms in total. The number of hydrogen-bond donors (Lipinski definition) is 1. The summed E-state index contributed by atoms with van der Waals surface area (Å²) in [6, 6.07) is 9.60. The van der Waals surface area contributed by atoms with Crippen LogP contribution in [0.1, 0.15) is 5.56 Å². The maximum Gasteiger partial charge on any atom is 0.441 e. The van der Waals surface area contributed by atoms with Gasteiger partial charge in [-0.25, -0.2) is 10.1 Å². The van der Waals surface area contributed by atoms with E-state index in [0.29, 0.717) is 31.2 Å². The standard InChI is InChI=1S/C16H8Cl4N4O3/c17-9-3-1-4-10(18)8(9)7-21-27-16(25)23-15-22-14(24-26-15)13-11(19)5-2-6-12(13)20/h1-7H,(H,22,23,24,25)/b21-7+. The third kappa shape index (κ3) is 4.70. The number of nitrogens with one attached hydrogen (secondary N) is 1. The Labute approximate surface area is 172 Å². The second-order valence-electron chi connectivity index (χ2n) is 4.89. The van der Waals surface area contributed by atoms with Gasteiger partial charge in [-0.3, -0.25) is 4.84 Å². The van der Waals surface area contributed by atoms with Crippen LogP contribution in [0.15, 0.2) is 46.1 Å². The molecule has 1 aromatic heterocycles. The monoisotopic (exact) mass is 444 g/mol. The van der Waals surface area contributed by atoms with Gasteiger partial charge in [-0.05, 0) is 24.3 Å². The van der Waals surface area contributed by atoms with Crippen LogP contribution in [0, 0.1) is 0 Å². The first-order valence-electron chi connectivity index (χ1n) is 7.19. The van der Waals surface area contributed by atoms with E-state index in [1.807, 2.05) is 0 Å². The maximum atomic E-state index is 11.8. The molecule has 2 aromatic carbocycles. The van der Waals surface area contributed by atoms with E-state index in [-0.39, 0.29) is 11.8 Å². The van der Waals surface area contributed by atoms with E-state index < -0.39 is 6.09 Å². The van der Waals surface area contributed by atoms with Crippen LogP contribution in [-0.2, 0) is 4.84 Å². The van der Waals surface area contributed by atoms with Crippen LogP contribution in [0.4, 0.5) is 10.8 Å². The molecular formula is C16H8Cl4N4O3. The van der Waals surface area contributed by atoms with Crippen LogP contribution in [0.25, 0.3) is 11.4 Å². The number of nitrogens with zero attached hydrogens (tertiary/aromatic N) is 3. The molecule has 0 aliphatic rings. The first-order chi connectivity index (χ1) is 13.0. The van der Waals surface area contributed by atoms with Crippen molar-refractivity contribution in [1.82, 2.24) is 10.1 Å². The fourth-order valence-electron chi connectivity index (χ4n) is 1.96. The molecule has 0 aliphatic heterocycles. The van der Waals surface area contributed by atoms with Gasteiger partial charge in [0.25, 0.3) is 0 Å². The van der Waals surface area contributed by atoms with Crippen LogP contribution in [0.3, 0.4) is 0 Å². The molecule has 0 saturated carbocycles. The molecule has 27 heavy (non-hydrogen) atoms. The Kier molecular flexibility index (Phi) is 6.18. The lowest BCUT2D eigenvalue weighted by atomic mass is 10.2. The van der Waals surface area contributed by atoms with Crippen molar-refractivity contribution in [2.45, 2.75) is 0 Å². The number of halogens is 4. The summed E-state index contributed by atoms with van der Waals surface area (Å²) in [7, 11) is 0. The van der Waals surface area contributed by atoms with Crippen LogP contribution in [0.5, 0.6) is 0 Å². The summed E-state index contributed by atoms with van der Waals surface area (Å²) in [5, 5.41) is 10.8. The van der Waals surface area contributed by atoms with Gasteiger partial charge in [-0.2, -0.15) is 4.98 Å². The zero-order valence-electron chi connectivity index (χ0n) is 13.1. The minimum atomic E-state index is -0.963. The number of carbonyl (C=O) groups excluding carboxylic acids is 1. The van der Waals surface area contributed by atoms with E-state index in [1.54, 1.807) is 36.4 Å². The molecular weight excluding hydrogens is 438 g/mol. The molecule has 3 rings (SSSR count). The van der Waals surface area contributed by atoms with Crippen molar-refractivity contribution in [2.24, 2.45) is 5.16 Å². The minimum absolute atomic E-state index is 0.104. The Morgan fingerprint density at radius 3 is 2.26 bits per heavy atom. The Hall–Kier alpha value is -2.32. The molecule has 3 aromatic rings. The summed E-state index contributed by atoms with van der Waals surface area (Å²) in [4.78, 5) is 20.4. The largest absolute Gasteiger partial charge is 0.441 e. The number of amides is 1. The number of rotatable bonds is 4. The Bertz CT molecular complexity index is 982. The average Bonchev–Trinajstić information content (AvgIpc) is 3.05. The quantitative estimate of drug-likeness (QED) is 0.305. The van der Waals surface area contributed by atoms with Crippen molar-refractivity contribution in [2.75, 3.05) is 5.32 Å². The highest BCUT2D eigenvalue weighted by Gasteiger charge is 2.17. The molecule has 0 unspecified atom stereocenters. The summed E-state index contributed by atoms with van der Waals surface area (Å²) < 4.78 is 4.92. The lowest BCUT2D eigenvalue weighted by Crippen LogP contribution is -2.11. The molecule has 1 N–H and O–H groups in total. The Balaban J connectivity index is 1.66. The molecule has 138 valence electrons. The molecule has 0 spiro atoms. The van der Waals surface area contributed by atoms with Crippen molar-refractivity contribution in [3.05, 3.63) is 62.1 Å². The summed E-state index contributed by atoms with van der Waals surface area (Å²) in [6.45, 7) is 0. The third-order valence-corrected chi connectivity index (χ3v) is 4.43. The highest BCUT2D eigenvalue weighted by molar-refractivity contribution is 6.39. The van der Waals surface area contributed by atoms with Crippen molar-refractivity contribution < 1.29 is 14.2 Å². The van der Waals surface area contributed by atoms with Gasteiger partial charge in [0.2, 0.25) is 5.82 Å². The molecule has 1 amide bonds. The smallest absolute Gasteiger partial charge is 0.315 e. The molecule has 0 radical (unpaired) electrons. The molecule has 1 heterocycles. The number of hydrogen-bond acceptors (Lipinski definition) is 6. The van der Waals surface area contributed by atoms with Crippen LogP contribution in [0.2, 0.25) is 20.1 Å². The molecule has 0 bridgehead atoms. The zero-order valence-corrected chi connectivity index (χ0v) is 16.1. The van der Waals surface area contributed by atoms with Gasteiger partial charge in [-0.1, -0.05) is 68.8 Å². The van der Waals surface area contributed by atoms with E-state index in [4.69, 9.17) is 50.9 Å². The van der Waals surface area contributed by atoms with Crippen molar-refractivity contribution in [3.63, 3.8) is 0 Å². The fourth-order valence-corrected chi connectivity index (χ4v) is 3.02. The first kappa shape index (κ1) is 19.4. The number of carbonyl (C=O) groups is 1. The topological polar surface area (TPSA) is 89.6 Å². The zero-order chi connectivity index (χ0) is 19.4. The molecule has 0 aliphatic carbocycles. The van der Waals surface area contributed by atoms with Gasteiger partial charge < -0.3 is 4.52 Å². The fraction of sp³-hybridized carbons (Fsp3) is 0. The summed E-state index contributed by atoms with van der Waals surface area (Å²) >= 11 is 24.1. The number of oxime groups is 1. The van der Waals surface area contributed by atoms with Gasteiger partial charge in [0, 0.05) is 5.56 Å². The van der Waals surface area contributed by atoms with E-state index >= 15 is 0 Å².